The molecule has 0 fully saturated rings. The van der Waals surface area contributed by atoms with E-state index in [-0.39, 0.29) is 23.0 Å². The van der Waals surface area contributed by atoms with Crippen LogP contribution in [0.2, 0.25) is 0 Å². The molecule has 27 heavy (non-hydrogen) atoms. The van der Waals surface area contributed by atoms with Gasteiger partial charge in [-0.1, -0.05) is 0 Å². The number of fused-ring (bicyclic) bond motifs is 1. The van der Waals surface area contributed by atoms with Crippen LogP contribution >= 0.6 is 0 Å². The van der Waals surface area contributed by atoms with E-state index in [0.717, 1.165) is 0 Å². The summed E-state index contributed by atoms with van der Waals surface area (Å²) < 4.78 is 42.8. The Morgan fingerprint density at radius 1 is 1.22 bits per heavy atom. The molecule has 142 valence electrons. The summed E-state index contributed by atoms with van der Waals surface area (Å²) in [6.07, 6.45) is -0.937. The minimum absolute atomic E-state index is 0.0909. The number of anilines is 1. The largest absolute Gasteiger partial charge is 0.481 e. The first-order valence-electron chi connectivity index (χ1n) is 7.91. The molecule has 3 rings (SSSR count). The molecule has 0 saturated heterocycles. The lowest BCUT2D eigenvalue weighted by molar-refractivity contribution is -0.127. The van der Waals surface area contributed by atoms with Crippen molar-refractivity contribution >= 4 is 27.5 Å². The zero-order chi connectivity index (χ0) is 19.6. The zero-order valence-corrected chi connectivity index (χ0v) is 15.0. The molecule has 3 N–H and O–H groups in total. The predicted molar refractivity (Wildman–Crippen MR) is 93.7 cm³/mol. The van der Waals surface area contributed by atoms with Gasteiger partial charge in [-0.05, 0) is 55.0 Å². The van der Waals surface area contributed by atoms with Crippen LogP contribution in [-0.2, 0) is 26.0 Å². The van der Waals surface area contributed by atoms with Crippen LogP contribution in [0.5, 0.6) is 5.75 Å². The maximum atomic E-state index is 12.9. The van der Waals surface area contributed by atoms with Crippen LogP contribution in [0.15, 0.2) is 47.4 Å². The average Bonchev–Trinajstić information content (AvgIpc) is 3.00. The number of hydrazine groups is 1. The van der Waals surface area contributed by atoms with Crippen LogP contribution in [0.3, 0.4) is 0 Å². The summed E-state index contributed by atoms with van der Waals surface area (Å²) in [5, 5.41) is 2.60. The van der Waals surface area contributed by atoms with Gasteiger partial charge in [0.05, 0.1) is 11.3 Å². The van der Waals surface area contributed by atoms with Crippen LogP contribution in [0.25, 0.3) is 0 Å². The highest BCUT2D eigenvalue weighted by Crippen LogP contribution is 2.25. The Bertz CT molecular complexity index is 992. The molecule has 0 unspecified atom stereocenters. The third-order valence-electron chi connectivity index (χ3n) is 3.82. The number of sulfonamides is 1. The highest BCUT2D eigenvalue weighted by molar-refractivity contribution is 7.89. The Morgan fingerprint density at radius 3 is 2.63 bits per heavy atom. The van der Waals surface area contributed by atoms with Gasteiger partial charge in [0.15, 0.2) is 6.10 Å². The van der Waals surface area contributed by atoms with Crippen molar-refractivity contribution in [2.24, 2.45) is 0 Å². The molecular weight excluding hydrogens is 377 g/mol. The lowest BCUT2D eigenvalue weighted by Gasteiger charge is -2.15. The molecule has 8 nitrogen and oxygen atoms in total. The van der Waals surface area contributed by atoms with Crippen LogP contribution in [0.4, 0.5) is 10.1 Å². The van der Waals surface area contributed by atoms with Crippen LogP contribution in [0, 0.1) is 5.82 Å². The number of nitrogens with one attached hydrogen (secondary N) is 3. The number of carbonyl (C=O) groups excluding carboxylic acids is 2. The SMILES string of the molecule is C[C@H](Oc1ccc(F)cc1)C(=O)NNS(=O)(=O)c1ccc2c(c1)CC(=O)N2. The molecule has 1 atom stereocenters. The topological polar surface area (TPSA) is 114 Å². The van der Waals surface area contributed by atoms with Gasteiger partial charge >= 0.3 is 0 Å². The summed E-state index contributed by atoms with van der Waals surface area (Å²) >= 11 is 0. The van der Waals surface area contributed by atoms with Gasteiger partial charge in [-0.2, -0.15) is 0 Å². The number of hydrogen-bond acceptors (Lipinski definition) is 5. The molecule has 0 bridgehead atoms. The van der Waals surface area contributed by atoms with E-state index in [2.05, 4.69) is 10.7 Å². The second-order valence-corrected chi connectivity index (χ2v) is 7.54. The number of carbonyl (C=O) groups is 2. The maximum absolute atomic E-state index is 12.9. The fraction of sp³-hybridized carbons (Fsp3) is 0.176. The molecule has 1 aliphatic rings. The smallest absolute Gasteiger partial charge is 0.275 e. The Balaban J connectivity index is 1.61. The van der Waals surface area contributed by atoms with E-state index in [9.17, 15) is 22.4 Å². The number of rotatable bonds is 6. The quantitative estimate of drug-likeness (QED) is 0.636. The standard InChI is InChI=1S/C17H16FN3O5S/c1-10(26-13-4-2-12(18)3-5-13)17(23)20-21-27(24,25)14-6-7-15-11(8-14)9-16(22)19-15/h2-8,10,21H,9H2,1H3,(H,19,22)(H,20,23)/t10-/m0/s1. The minimum atomic E-state index is -4.03. The van der Waals surface area contributed by atoms with Crippen molar-refractivity contribution in [1.82, 2.24) is 10.3 Å². The lowest BCUT2D eigenvalue weighted by atomic mass is 10.2. The van der Waals surface area contributed by atoms with Gasteiger partial charge in [0.1, 0.15) is 11.6 Å². The van der Waals surface area contributed by atoms with Crippen LogP contribution in [0.1, 0.15) is 12.5 Å². The molecular formula is C17H16FN3O5S. The van der Waals surface area contributed by atoms with Gasteiger partial charge in [-0.25, -0.2) is 12.8 Å². The first-order valence-corrected chi connectivity index (χ1v) is 9.39. The Kier molecular flexibility index (Phi) is 5.10. The van der Waals surface area contributed by atoms with Gasteiger partial charge in [-0.15, -0.1) is 4.83 Å². The average molecular weight is 393 g/mol. The third kappa shape index (κ3) is 4.41. The molecule has 2 aromatic rings. The van der Waals surface area contributed by atoms with Crippen molar-refractivity contribution in [1.29, 1.82) is 0 Å². The third-order valence-corrected chi connectivity index (χ3v) is 5.06. The molecule has 0 aliphatic carbocycles. The van der Waals surface area contributed by atoms with Crippen molar-refractivity contribution in [2.75, 3.05) is 5.32 Å². The zero-order valence-electron chi connectivity index (χ0n) is 14.2. The molecule has 1 heterocycles. The van der Waals surface area contributed by atoms with Crippen molar-refractivity contribution in [3.05, 3.63) is 53.8 Å². The summed E-state index contributed by atoms with van der Waals surface area (Å²) in [5.74, 6) is -1.13. The Morgan fingerprint density at radius 2 is 1.93 bits per heavy atom. The minimum Gasteiger partial charge on any atom is -0.481 e. The highest BCUT2D eigenvalue weighted by atomic mass is 32.2. The summed E-state index contributed by atoms with van der Waals surface area (Å²) in [5.41, 5.74) is 3.19. The van der Waals surface area contributed by atoms with Crippen LogP contribution in [-0.4, -0.2) is 26.3 Å². The van der Waals surface area contributed by atoms with Crippen molar-refractivity contribution < 1.29 is 27.1 Å². The maximum Gasteiger partial charge on any atom is 0.275 e. The second-order valence-electron chi connectivity index (χ2n) is 5.85. The molecule has 1 aliphatic heterocycles. The molecule has 0 saturated carbocycles. The van der Waals surface area contributed by atoms with E-state index in [0.29, 0.717) is 11.3 Å². The van der Waals surface area contributed by atoms with Gasteiger partial charge in [0.2, 0.25) is 5.91 Å². The molecule has 0 spiro atoms. The first kappa shape index (κ1) is 18.8. The normalized spacial score (nSPS) is 14.2. The van der Waals surface area contributed by atoms with Crippen molar-refractivity contribution in [3.8, 4) is 5.75 Å². The molecule has 0 radical (unpaired) electrons. The number of hydrogen-bond donors (Lipinski definition) is 3. The summed E-state index contributed by atoms with van der Waals surface area (Å²) in [6, 6.07) is 9.22. The molecule has 0 aromatic heterocycles. The number of amides is 2. The predicted octanol–water partition coefficient (Wildman–Crippen LogP) is 1.10. The van der Waals surface area contributed by atoms with E-state index in [1.54, 1.807) is 0 Å². The van der Waals surface area contributed by atoms with E-state index in [1.807, 2.05) is 4.83 Å². The number of ether oxygens (including phenoxy) is 1. The van der Waals surface area contributed by atoms with Crippen LogP contribution < -0.4 is 20.3 Å². The molecule has 10 heteroatoms. The van der Waals surface area contributed by atoms with E-state index >= 15 is 0 Å². The second kappa shape index (κ2) is 7.33. The van der Waals surface area contributed by atoms with Gasteiger partial charge < -0.3 is 10.1 Å². The Hall–Kier alpha value is -2.98. The van der Waals surface area contributed by atoms with Crippen molar-refractivity contribution in [3.63, 3.8) is 0 Å². The number of benzene rings is 2. The van der Waals surface area contributed by atoms with Gasteiger partial charge in [0.25, 0.3) is 15.9 Å². The lowest BCUT2D eigenvalue weighted by Crippen LogP contribution is -2.47. The highest BCUT2D eigenvalue weighted by Gasteiger charge is 2.23. The first-order chi connectivity index (χ1) is 12.7. The summed E-state index contributed by atoms with van der Waals surface area (Å²) in [4.78, 5) is 25.3. The van der Waals surface area contributed by atoms with Crippen molar-refractivity contribution in [2.45, 2.75) is 24.3 Å². The fourth-order valence-electron chi connectivity index (χ4n) is 2.42. The number of halogens is 1. The van der Waals surface area contributed by atoms with E-state index in [1.165, 1.54) is 49.4 Å². The van der Waals surface area contributed by atoms with Gasteiger partial charge in [0, 0.05) is 5.69 Å². The fourth-order valence-corrected chi connectivity index (χ4v) is 3.32. The van der Waals surface area contributed by atoms with E-state index in [4.69, 9.17) is 4.74 Å². The summed E-state index contributed by atoms with van der Waals surface area (Å²) in [7, 11) is -4.03. The monoisotopic (exact) mass is 393 g/mol. The Labute approximate surface area is 154 Å². The molecule has 2 aromatic carbocycles. The summed E-state index contributed by atoms with van der Waals surface area (Å²) in [6.45, 7) is 1.42. The molecule has 2 amide bonds. The van der Waals surface area contributed by atoms with E-state index < -0.39 is 27.9 Å². The van der Waals surface area contributed by atoms with Gasteiger partial charge in [-0.3, -0.25) is 15.0 Å².